The first kappa shape index (κ1) is 32.1. The molecule has 3 heterocycles. The molecule has 4 rings (SSSR count). The second-order valence-corrected chi connectivity index (χ2v) is 11.2. The SMILES string of the molecule is CCCc1ccc(S(=O)(=O)Nc2cnc(N3CCNCC3)c(C(=O)NCC3CCCO3)c2)cc1.O=C(O)C(F)(F)F. The maximum atomic E-state index is 13.1. The molecule has 11 nitrogen and oxygen atoms in total. The molecule has 226 valence electrons. The quantitative estimate of drug-likeness (QED) is 0.340. The molecule has 4 N–H and O–H groups in total. The lowest BCUT2D eigenvalue weighted by atomic mass is 10.1. The van der Waals surface area contributed by atoms with Gasteiger partial charge in [0.15, 0.2) is 0 Å². The summed E-state index contributed by atoms with van der Waals surface area (Å²) >= 11 is 0. The molecule has 0 radical (unpaired) electrons. The Kier molecular flexibility index (Phi) is 11.3. The molecule has 1 atom stereocenters. The maximum Gasteiger partial charge on any atom is 0.490 e. The largest absolute Gasteiger partial charge is 0.490 e. The van der Waals surface area contributed by atoms with E-state index in [0.717, 1.165) is 44.3 Å². The van der Waals surface area contributed by atoms with Crippen molar-refractivity contribution < 1.29 is 41.0 Å². The first-order chi connectivity index (χ1) is 19.4. The number of carbonyl (C=O) groups is 2. The zero-order valence-corrected chi connectivity index (χ0v) is 23.4. The molecule has 1 amide bonds. The third-order valence-electron chi connectivity index (χ3n) is 6.31. The van der Waals surface area contributed by atoms with E-state index >= 15 is 0 Å². The van der Waals surface area contributed by atoms with Gasteiger partial charge in [-0.25, -0.2) is 18.2 Å². The number of aryl methyl sites for hydroxylation is 1. The van der Waals surface area contributed by atoms with Gasteiger partial charge >= 0.3 is 12.1 Å². The Morgan fingerprint density at radius 3 is 2.41 bits per heavy atom. The summed E-state index contributed by atoms with van der Waals surface area (Å²) < 4.78 is 65.9. The lowest BCUT2D eigenvalue weighted by Gasteiger charge is -2.30. The predicted molar refractivity (Wildman–Crippen MR) is 146 cm³/mol. The molecule has 1 aromatic heterocycles. The van der Waals surface area contributed by atoms with Gasteiger partial charge in [-0.15, -0.1) is 0 Å². The van der Waals surface area contributed by atoms with Gasteiger partial charge in [-0.2, -0.15) is 13.2 Å². The van der Waals surface area contributed by atoms with Crippen molar-refractivity contribution in [3.05, 3.63) is 47.7 Å². The van der Waals surface area contributed by atoms with Crippen LogP contribution in [0.15, 0.2) is 41.4 Å². The lowest BCUT2D eigenvalue weighted by Crippen LogP contribution is -2.45. The van der Waals surface area contributed by atoms with Crippen LogP contribution < -0.4 is 20.3 Å². The van der Waals surface area contributed by atoms with E-state index in [0.29, 0.717) is 37.6 Å². The Balaban J connectivity index is 0.000000587. The van der Waals surface area contributed by atoms with Crippen molar-refractivity contribution in [1.82, 2.24) is 15.6 Å². The van der Waals surface area contributed by atoms with Crippen molar-refractivity contribution in [2.24, 2.45) is 0 Å². The van der Waals surface area contributed by atoms with Crippen molar-refractivity contribution in [2.75, 3.05) is 49.0 Å². The fourth-order valence-electron chi connectivity index (χ4n) is 4.25. The molecule has 1 unspecified atom stereocenters. The molecule has 0 bridgehead atoms. The number of carboxylic acids is 1. The number of piperazine rings is 1. The molecule has 0 spiro atoms. The van der Waals surface area contributed by atoms with E-state index in [1.807, 2.05) is 17.0 Å². The van der Waals surface area contributed by atoms with Gasteiger partial charge in [-0.05, 0) is 43.0 Å². The van der Waals surface area contributed by atoms with Crippen LogP contribution in [0.5, 0.6) is 0 Å². The van der Waals surface area contributed by atoms with Gasteiger partial charge in [0.2, 0.25) is 0 Å². The number of sulfonamides is 1. The van der Waals surface area contributed by atoms with E-state index in [9.17, 15) is 26.4 Å². The number of ether oxygens (including phenoxy) is 1. The summed E-state index contributed by atoms with van der Waals surface area (Å²) in [7, 11) is -3.82. The van der Waals surface area contributed by atoms with Crippen molar-refractivity contribution in [2.45, 2.75) is 49.8 Å². The number of rotatable bonds is 9. The number of carboxylic acid groups (broad SMARTS) is 1. The number of hydrogen-bond donors (Lipinski definition) is 4. The summed E-state index contributed by atoms with van der Waals surface area (Å²) in [5.74, 6) is -2.49. The maximum absolute atomic E-state index is 13.1. The normalized spacial score (nSPS) is 17.4. The zero-order valence-electron chi connectivity index (χ0n) is 22.5. The van der Waals surface area contributed by atoms with E-state index in [1.165, 1.54) is 6.20 Å². The fraction of sp³-hybridized carbons (Fsp3) is 0.500. The number of aromatic nitrogens is 1. The summed E-state index contributed by atoms with van der Waals surface area (Å²) in [5.41, 5.74) is 1.69. The van der Waals surface area contributed by atoms with Crippen LogP contribution in [0, 0.1) is 0 Å². The van der Waals surface area contributed by atoms with Crippen LogP contribution in [-0.4, -0.2) is 82.0 Å². The molecular formula is C26H34F3N5O6S. The van der Waals surface area contributed by atoms with Gasteiger partial charge in [-0.1, -0.05) is 25.5 Å². The first-order valence-corrected chi connectivity index (χ1v) is 14.7. The average Bonchev–Trinajstić information content (AvgIpc) is 3.46. The topological polar surface area (TPSA) is 150 Å². The Hall–Kier alpha value is -3.43. The molecule has 41 heavy (non-hydrogen) atoms. The van der Waals surface area contributed by atoms with E-state index < -0.39 is 22.2 Å². The van der Waals surface area contributed by atoms with Crippen molar-refractivity contribution >= 4 is 33.4 Å². The Labute approximate surface area is 236 Å². The van der Waals surface area contributed by atoms with E-state index in [2.05, 4.69) is 27.3 Å². The van der Waals surface area contributed by atoms with Crippen LogP contribution in [0.2, 0.25) is 0 Å². The average molecular weight is 602 g/mol. The predicted octanol–water partition coefficient (Wildman–Crippen LogP) is 2.79. The standard InChI is InChI=1S/C24H33N5O4S.C2HF3O2/c1-2-4-18-6-8-21(9-7-18)34(31,32)28-19-15-22(24(30)27-17-20-5-3-14-33-20)23(26-16-19)29-12-10-25-11-13-29;3-2(4,5)1(6)7/h6-9,15-16,20,25,28H,2-5,10-14,17H2,1H3,(H,27,30);(H,6,7). The molecule has 2 fully saturated rings. The Morgan fingerprint density at radius 1 is 1.20 bits per heavy atom. The summed E-state index contributed by atoms with van der Waals surface area (Å²) in [6.07, 6.45) is 0.196. The van der Waals surface area contributed by atoms with E-state index in [1.54, 1.807) is 18.2 Å². The number of pyridine rings is 1. The van der Waals surface area contributed by atoms with Crippen LogP contribution in [0.1, 0.15) is 42.1 Å². The van der Waals surface area contributed by atoms with Gasteiger partial charge in [0.1, 0.15) is 5.82 Å². The summed E-state index contributed by atoms with van der Waals surface area (Å²) in [6.45, 7) is 6.23. The van der Waals surface area contributed by atoms with Gasteiger partial charge < -0.3 is 25.4 Å². The Bertz CT molecular complexity index is 1280. The van der Waals surface area contributed by atoms with Crippen LogP contribution in [0.3, 0.4) is 0 Å². The van der Waals surface area contributed by atoms with Crippen LogP contribution in [0.4, 0.5) is 24.7 Å². The number of benzene rings is 1. The smallest absolute Gasteiger partial charge is 0.475 e. The molecule has 0 saturated carbocycles. The number of hydrogen-bond acceptors (Lipinski definition) is 8. The van der Waals surface area contributed by atoms with Gasteiger partial charge in [0, 0.05) is 39.3 Å². The monoisotopic (exact) mass is 601 g/mol. The number of anilines is 2. The molecule has 1 aromatic carbocycles. The summed E-state index contributed by atoms with van der Waals surface area (Å²) in [6, 6.07) is 8.43. The number of carbonyl (C=O) groups excluding carboxylic acids is 1. The lowest BCUT2D eigenvalue weighted by molar-refractivity contribution is -0.192. The van der Waals surface area contributed by atoms with Gasteiger partial charge in [0.05, 0.1) is 28.4 Å². The Morgan fingerprint density at radius 2 is 1.85 bits per heavy atom. The van der Waals surface area contributed by atoms with E-state index in [4.69, 9.17) is 14.6 Å². The van der Waals surface area contributed by atoms with Crippen molar-refractivity contribution in [3.63, 3.8) is 0 Å². The number of alkyl halides is 3. The number of halogens is 3. The third-order valence-corrected chi connectivity index (χ3v) is 7.71. The van der Waals surface area contributed by atoms with Gasteiger partial charge in [-0.3, -0.25) is 9.52 Å². The highest BCUT2D eigenvalue weighted by atomic mass is 32.2. The molecule has 2 aromatic rings. The van der Waals surface area contributed by atoms with Crippen LogP contribution in [0.25, 0.3) is 0 Å². The minimum atomic E-state index is -5.08. The minimum Gasteiger partial charge on any atom is -0.475 e. The number of amides is 1. The second kappa shape index (κ2) is 14.5. The third kappa shape index (κ3) is 9.57. The fourth-order valence-corrected chi connectivity index (χ4v) is 5.29. The molecule has 2 aliphatic heterocycles. The summed E-state index contributed by atoms with van der Waals surface area (Å²) in [4.78, 5) is 28.7. The first-order valence-electron chi connectivity index (χ1n) is 13.2. The number of aliphatic carboxylic acids is 1. The highest BCUT2D eigenvalue weighted by molar-refractivity contribution is 7.92. The highest BCUT2D eigenvalue weighted by Gasteiger charge is 2.38. The molecule has 0 aliphatic carbocycles. The van der Waals surface area contributed by atoms with Gasteiger partial charge in [0.25, 0.3) is 15.9 Å². The molecule has 15 heteroatoms. The van der Waals surface area contributed by atoms with E-state index in [-0.39, 0.29) is 22.6 Å². The summed E-state index contributed by atoms with van der Waals surface area (Å²) in [5, 5.41) is 13.4. The minimum absolute atomic E-state index is 0.0110. The van der Waals surface area contributed by atoms with Crippen LogP contribution >= 0.6 is 0 Å². The van der Waals surface area contributed by atoms with Crippen molar-refractivity contribution in [3.8, 4) is 0 Å². The second-order valence-electron chi connectivity index (χ2n) is 9.48. The molecule has 2 aliphatic rings. The highest BCUT2D eigenvalue weighted by Crippen LogP contribution is 2.24. The molecular weight excluding hydrogens is 567 g/mol. The van der Waals surface area contributed by atoms with Crippen molar-refractivity contribution in [1.29, 1.82) is 0 Å². The number of nitrogens with zero attached hydrogens (tertiary/aromatic N) is 2. The van der Waals surface area contributed by atoms with Crippen LogP contribution in [-0.2, 0) is 26.0 Å². The molecule has 2 saturated heterocycles. The number of nitrogens with one attached hydrogen (secondary N) is 3. The zero-order chi connectivity index (χ0) is 30.0.